The average Bonchev–Trinajstić information content (AvgIpc) is 2.61. The second-order valence-corrected chi connectivity index (χ2v) is 5.51. The zero-order valence-electron chi connectivity index (χ0n) is 12.6. The normalized spacial score (nSPS) is 10.3. The lowest BCUT2D eigenvalue weighted by Crippen LogP contribution is -2.00. The third kappa shape index (κ3) is 3.13. The third-order valence-corrected chi connectivity index (χ3v) is 4.02. The van der Waals surface area contributed by atoms with E-state index in [1.165, 1.54) is 7.11 Å². The minimum absolute atomic E-state index is 0.345. The van der Waals surface area contributed by atoms with Gasteiger partial charge in [-0.05, 0) is 34.9 Å². The fourth-order valence-corrected chi connectivity index (χ4v) is 2.82. The summed E-state index contributed by atoms with van der Waals surface area (Å²) in [5.74, 6) is -0.345. The smallest absolute Gasteiger partial charge is 0.337 e. The van der Waals surface area contributed by atoms with Crippen molar-refractivity contribution in [2.24, 2.45) is 0 Å². The molecule has 23 heavy (non-hydrogen) atoms. The van der Waals surface area contributed by atoms with Crippen molar-refractivity contribution >= 4 is 17.6 Å². The van der Waals surface area contributed by atoms with Crippen molar-refractivity contribution in [2.45, 2.75) is 0 Å². The van der Waals surface area contributed by atoms with E-state index in [-0.39, 0.29) is 5.97 Å². The number of rotatable bonds is 3. The van der Waals surface area contributed by atoms with E-state index in [0.29, 0.717) is 10.6 Å². The van der Waals surface area contributed by atoms with Gasteiger partial charge in [0, 0.05) is 10.6 Å². The predicted molar refractivity (Wildman–Crippen MR) is 93.7 cm³/mol. The number of hydrogen-bond donors (Lipinski definition) is 0. The van der Waals surface area contributed by atoms with E-state index in [1.54, 1.807) is 6.07 Å². The van der Waals surface area contributed by atoms with Gasteiger partial charge in [0.1, 0.15) is 0 Å². The number of carbonyl (C=O) groups excluding carboxylic acids is 1. The lowest BCUT2D eigenvalue weighted by molar-refractivity contribution is 0.0601. The molecule has 2 nitrogen and oxygen atoms in total. The SMILES string of the molecule is COC(=O)c1cccc(-c2ccccc2-c2ccccc2Cl)c1. The average molecular weight is 323 g/mol. The highest BCUT2D eigenvalue weighted by molar-refractivity contribution is 6.33. The molecule has 3 rings (SSSR count). The van der Waals surface area contributed by atoms with E-state index in [2.05, 4.69) is 0 Å². The Labute approximate surface area is 140 Å². The Kier molecular flexibility index (Phi) is 4.45. The quantitative estimate of drug-likeness (QED) is 0.598. The standard InChI is InChI=1S/C20H15ClO2/c1-23-20(22)15-8-6-7-14(13-15)16-9-2-3-10-17(16)18-11-4-5-12-19(18)21/h2-13H,1H3. The summed E-state index contributed by atoms with van der Waals surface area (Å²) in [5.41, 5.74) is 4.49. The number of halogens is 1. The van der Waals surface area contributed by atoms with Gasteiger partial charge in [-0.2, -0.15) is 0 Å². The number of hydrogen-bond acceptors (Lipinski definition) is 2. The first kappa shape index (κ1) is 15.3. The van der Waals surface area contributed by atoms with Gasteiger partial charge in [0.15, 0.2) is 0 Å². The van der Waals surface area contributed by atoms with Crippen molar-refractivity contribution in [1.82, 2.24) is 0 Å². The molecule has 3 aromatic rings. The fourth-order valence-electron chi connectivity index (χ4n) is 2.58. The predicted octanol–water partition coefficient (Wildman–Crippen LogP) is 5.46. The Morgan fingerprint density at radius 1 is 0.826 bits per heavy atom. The van der Waals surface area contributed by atoms with Crippen LogP contribution in [0.15, 0.2) is 72.8 Å². The molecule has 0 atom stereocenters. The molecule has 0 aliphatic carbocycles. The fraction of sp³-hybridized carbons (Fsp3) is 0.0500. The van der Waals surface area contributed by atoms with Crippen molar-refractivity contribution < 1.29 is 9.53 Å². The zero-order chi connectivity index (χ0) is 16.2. The van der Waals surface area contributed by atoms with Crippen LogP contribution in [0.3, 0.4) is 0 Å². The van der Waals surface area contributed by atoms with Gasteiger partial charge < -0.3 is 4.74 Å². The molecular weight excluding hydrogens is 308 g/mol. The maximum Gasteiger partial charge on any atom is 0.337 e. The Balaban J connectivity index is 2.15. The summed E-state index contributed by atoms with van der Waals surface area (Å²) in [4.78, 5) is 11.8. The monoisotopic (exact) mass is 322 g/mol. The number of benzene rings is 3. The first-order valence-corrected chi connectivity index (χ1v) is 7.61. The Hall–Kier alpha value is -2.58. The van der Waals surface area contributed by atoms with E-state index >= 15 is 0 Å². The van der Waals surface area contributed by atoms with Crippen LogP contribution in [-0.4, -0.2) is 13.1 Å². The molecule has 0 unspecified atom stereocenters. The lowest BCUT2D eigenvalue weighted by Gasteiger charge is -2.12. The maximum absolute atomic E-state index is 11.8. The van der Waals surface area contributed by atoms with Gasteiger partial charge in [-0.3, -0.25) is 0 Å². The highest BCUT2D eigenvalue weighted by Crippen LogP contribution is 2.35. The molecular formula is C20H15ClO2. The largest absolute Gasteiger partial charge is 0.465 e. The summed E-state index contributed by atoms with van der Waals surface area (Å²) in [6, 6.07) is 23.1. The molecule has 0 aromatic heterocycles. The van der Waals surface area contributed by atoms with E-state index in [9.17, 15) is 4.79 Å². The van der Waals surface area contributed by atoms with Crippen LogP contribution >= 0.6 is 11.6 Å². The van der Waals surface area contributed by atoms with Crippen LogP contribution in [0.4, 0.5) is 0 Å². The van der Waals surface area contributed by atoms with Gasteiger partial charge in [-0.1, -0.05) is 66.2 Å². The number of methoxy groups -OCH3 is 1. The summed E-state index contributed by atoms with van der Waals surface area (Å²) < 4.78 is 4.80. The van der Waals surface area contributed by atoms with E-state index in [4.69, 9.17) is 16.3 Å². The molecule has 0 aliphatic rings. The van der Waals surface area contributed by atoms with Crippen molar-refractivity contribution in [2.75, 3.05) is 7.11 Å². The molecule has 3 heteroatoms. The van der Waals surface area contributed by atoms with E-state index in [1.807, 2.05) is 66.7 Å². The Bertz CT molecular complexity index is 856. The van der Waals surface area contributed by atoms with Crippen LogP contribution in [0.1, 0.15) is 10.4 Å². The summed E-state index contributed by atoms with van der Waals surface area (Å²) in [5, 5.41) is 0.698. The summed E-state index contributed by atoms with van der Waals surface area (Å²) >= 11 is 6.35. The molecule has 0 spiro atoms. The van der Waals surface area contributed by atoms with Crippen LogP contribution in [0.2, 0.25) is 5.02 Å². The molecule has 0 N–H and O–H groups in total. The summed E-state index contributed by atoms with van der Waals surface area (Å²) in [6.45, 7) is 0. The van der Waals surface area contributed by atoms with Crippen molar-refractivity contribution in [3.63, 3.8) is 0 Å². The van der Waals surface area contributed by atoms with Crippen LogP contribution in [0.5, 0.6) is 0 Å². The number of ether oxygens (including phenoxy) is 1. The molecule has 114 valence electrons. The minimum atomic E-state index is -0.345. The second-order valence-electron chi connectivity index (χ2n) is 5.10. The first-order chi connectivity index (χ1) is 11.2. The maximum atomic E-state index is 11.8. The molecule has 0 heterocycles. The van der Waals surface area contributed by atoms with Gasteiger partial charge in [-0.25, -0.2) is 4.79 Å². The van der Waals surface area contributed by atoms with Gasteiger partial charge in [-0.15, -0.1) is 0 Å². The Morgan fingerprint density at radius 3 is 2.17 bits per heavy atom. The molecule has 0 bridgehead atoms. The zero-order valence-corrected chi connectivity index (χ0v) is 13.4. The number of carbonyl (C=O) groups is 1. The van der Waals surface area contributed by atoms with Crippen molar-refractivity contribution in [3.05, 3.63) is 83.4 Å². The second kappa shape index (κ2) is 6.67. The van der Waals surface area contributed by atoms with Gasteiger partial charge >= 0.3 is 5.97 Å². The molecule has 0 saturated carbocycles. The number of esters is 1. The highest BCUT2D eigenvalue weighted by atomic mass is 35.5. The van der Waals surface area contributed by atoms with Gasteiger partial charge in [0.25, 0.3) is 0 Å². The first-order valence-electron chi connectivity index (χ1n) is 7.23. The Morgan fingerprint density at radius 2 is 1.48 bits per heavy atom. The molecule has 0 aliphatic heterocycles. The van der Waals surface area contributed by atoms with E-state index in [0.717, 1.165) is 22.3 Å². The van der Waals surface area contributed by atoms with Crippen LogP contribution in [-0.2, 0) is 4.74 Å². The minimum Gasteiger partial charge on any atom is -0.465 e. The molecule has 0 fully saturated rings. The van der Waals surface area contributed by atoms with Crippen LogP contribution < -0.4 is 0 Å². The van der Waals surface area contributed by atoms with Gasteiger partial charge in [0.05, 0.1) is 12.7 Å². The van der Waals surface area contributed by atoms with Gasteiger partial charge in [0.2, 0.25) is 0 Å². The molecule has 3 aromatic carbocycles. The summed E-state index contributed by atoms with van der Waals surface area (Å²) in [7, 11) is 1.38. The van der Waals surface area contributed by atoms with Crippen molar-refractivity contribution in [3.8, 4) is 22.3 Å². The topological polar surface area (TPSA) is 26.3 Å². The summed E-state index contributed by atoms with van der Waals surface area (Å²) in [6.07, 6.45) is 0. The molecule has 0 radical (unpaired) electrons. The van der Waals surface area contributed by atoms with Crippen molar-refractivity contribution in [1.29, 1.82) is 0 Å². The third-order valence-electron chi connectivity index (χ3n) is 3.69. The molecule has 0 saturated heterocycles. The highest BCUT2D eigenvalue weighted by Gasteiger charge is 2.12. The van der Waals surface area contributed by atoms with Crippen LogP contribution in [0, 0.1) is 0 Å². The van der Waals surface area contributed by atoms with E-state index < -0.39 is 0 Å². The van der Waals surface area contributed by atoms with Crippen LogP contribution in [0.25, 0.3) is 22.3 Å². The molecule has 0 amide bonds. The lowest BCUT2D eigenvalue weighted by atomic mass is 9.94.